The molecule has 0 radical (unpaired) electrons. The Kier molecular flexibility index (Phi) is 29.0. The van der Waals surface area contributed by atoms with E-state index in [9.17, 15) is 49.2 Å². The second-order valence-corrected chi connectivity index (χ2v) is 14.1. The van der Waals surface area contributed by atoms with Gasteiger partial charge in [0, 0.05) is 6.42 Å². The van der Waals surface area contributed by atoms with Crippen LogP contribution < -0.4 is 38.1 Å². The van der Waals surface area contributed by atoms with E-state index in [1.165, 1.54) is 58.8 Å². The number of aliphatic carboxylic acids is 1. The summed E-state index contributed by atoms with van der Waals surface area (Å²) in [5, 5.41) is 51.5. The average molecular weight is 774 g/mol. The van der Waals surface area contributed by atoms with E-state index in [4.69, 9.17) is 11.5 Å². The Balaban J connectivity index is 5.49. The number of hydrogen-bond donors (Lipinski definition) is 11. The topological polar surface area (TPSA) is 296 Å². The average Bonchev–Trinajstić information content (AvgIpc) is 3.12. The third-order valence-corrected chi connectivity index (χ3v) is 9.11. The Hall–Kier alpha value is -3.38. The highest BCUT2D eigenvalue weighted by atomic mass is 16.4. The van der Waals surface area contributed by atoms with E-state index < -0.39 is 78.6 Å². The quantitative estimate of drug-likeness (QED) is 0.0399. The van der Waals surface area contributed by atoms with Crippen LogP contribution in [0.3, 0.4) is 0 Å². The molecule has 0 spiro atoms. The summed E-state index contributed by atoms with van der Waals surface area (Å²) < 4.78 is 0. The van der Waals surface area contributed by atoms with Crippen molar-refractivity contribution in [1.29, 1.82) is 0 Å². The number of carbonyl (C=O) groups excluding carboxylic acids is 5. The number of carboxylic acids is 1. The lowest BCUT2D eigenvalue weighted by atomic mass is 10.0. The van der Waals surface area contributed by atoms with Crippen molar-refractivity contribution in [3.05, 3.63) is 0 Å². The summed E-state index contributed by atoms with van der Waals surface area (Å²) in [6.45, 7) is 4.41. The van der Waals surface area contributed by atoms with Gasteiger partial charge in [-0.05, 0) is 71.9 Å². The monoisotopic (exact) mass is 774 g/mol. The Morgan fingerprint density at radius 1 is 0.519 bits per heavy atom. The molecule has 7 unspecified atom stereocenters. The number of nitrogens with one attached hydrogen (secondary N) is 5. The maximum absolute atomic E-state index is 13.4. The highest BCUT2D eigenvalue weighted by molar-refractivity contribution is 5.96. The van der Waals surface area contributed by atoms with Gasteiger partial charge in [0.1, 0.15) is 30.2 Å². The first-order chi connectivity index (χ1) is 25.7. The summed E-state index contributed by atoms with van der Waals surface area (Å²) in [7, 11) is 0. The maximum atomic E-state index is 13.4. The first kappa shape index (κ1) is 50.6. The van der Waals surface area contributed by atoms with Crippen molar-refractivity contribution in [2.75, 3.05) is 19.7 Å². The van der Waals surface area contributed by atoms with Gasteiger partial charge in [-0.2, -0.15) is 0 Å². The first-order valence-corrected chi connectivity index (χ1v) is 19.8. The Labute approximate surface area is 320 Å². The maximum Gasteiger partial charge on any atom is 0.328 e. The molecule has 314 valence electrons. The molecule has 13 N–H and O–H groups in total. The van der Waals surface area contributed by atoms with E-state index >= 15 is 0 Å². The predicted octanol–water partition coefficient (Wildman–Crippen LogP) is 0.208. The van der Waals surface area contributed by atoms with Gasteiger partial charge in [0.15, 0.2) is 0 Å². The van der Waals surface area contributed by atoms with Gasteiger partial charge in [-0.3, -0.25) is 24.0 Å². The van der Waals surface area contributed by atoms with Crippen LogP contribution in [-0.4, -0.2) is 118 Å². The number of nitrogens with two attached hydrogens (primary N) is 2. The third-order valence-electron chi connectivity index (χ3n) is 9.11. The number of aliphatic hydroxyl groups is 3. The van der Waals surface area contributed by atoms with Gasteiger partial charge in [0.05, 0.1) is 18.8 Å². The lowest BCUT2D eigenvalue weighted by molar-refractivity contribution is -0.143. The van der Waals surface area contributed by atoms with Gasteiger partial charge in [-0.15, -0.1) is 0 Å². The minimum atomic E-state index is -1.67. The van der Waals surface area contributed by atoms with Crippen LogP contribution in [0.4, 0.5) is 0 Å². The fourth-order valence-electron chi connectivity index (χ4n) is 5.77. The summed E-state index contributed by atoms with van der Waals surface area (Å²) in [4.78, 5) is 77.2. The van der Waals surface area contributed by atoms with Crippen LogP contribution >= 0.6 is 0 Å². The first-order valence-electron chi connectivity index (χ1n) is 19.8. The number of rotatable bonds is 33. The smallest absolute Gasteiger partial charge is 0.328 e. The van der Waals surface area contributed by atoms with Gasteiger partial charge >= 0.3 is 5.97 Å². The molecule has 17 nitrogen and oxygen atoms in total. The van der Waals surface area contributed by atoms with Crippen LogP contribution in [0.25, 0.3) is 0 Å². The summed E-state index contributed by atoms with van der Waals surface area (Å²) in [5.41, 5.74) is 11.2. The molecule has 0 saturated heterocycles. The van der Waals surface area contributed by atoms with Crippen LogP contribution in [0.2, 0.25) is 0 Å². The highest BCUT2D eigenvalue weighted by Gasteiger charge is 2.35. The molecule has 0 aliphatic carbocycles. The van der Waals surface area contributed by atoms with E-state index in [1.54, 1.807) is 0 Å². The third kappa shape index (κ3) is 22.7. The van der Waals surface area contributed by atoms with E-state index in [-0.39, 0.29) is 31.7 Å². The number of carbonyl (C=O) groups is 6. The molecule has 54 heavy (non-hydrogen) atoms. The molecule has 0 aliphatic rings. The molecule has 0 heterocycles. The van der Waals surface area contributed by atoms with Crippen molar-refractivity contribution in [3.63, 3.8) is 0 Å². The van der Waals surface area contributed by atoms with Gasteiger partial charge in [-0.25, -0.2) is 4.79 Å². The molecule has 0 fully saturated rings. The van der Waals surface area contributed by atoms with Gasteiger partial charge in [0.2, 0.25) is 29.5 Å². The summed E-state index contributed by atoms with van der Waals surface area (Å²) in [6.07, 6.45) is 11.9. The predicted molar refractivity (Wildman–Crippen MR) is 205 cm³/mol. The normalized spacial score (nSPS) is 15.1. The van der Waals surface area contributed by atoms with Crippen molar-refractivity contribution >= 4 is 35.5 Å². The van der Waals surface area contributed by atoms with Crippen molar-refractivity contribution < 1.29 is 49.2 Å². The van der Waals surface area contributed by atoms with Gasteiger partial charge in [-0.1, -0.05) is 71.1 Å². The molecule has 7 atom stereocenters. The Morgan fingerprint density at radius 2 is 0.907 bits per heavy atom. The van der Waals surface area contributed by atoms with Crippen molar-refractivity contribution in [2.24, 2.45) is 11.5 Å². The van der Waals surface area contributed by atoms with Crippen LogP contribution in [0.1, 0.15) is 136 Å². The zero-order valence-corrected chi connectivity index (χ0v) is 32.8. The lowest BCUT2D eigenvalue weighted by Crippen LogP contribution is -2.62. The van der Waals surface area contributed by atoms with Crippen molar-refractivity contribution in [2.45, 2.75) is 179 Å². The summed E-state index contributed by atoms with van der Waals surface area (Å²) in [5.74, 6) is -5.50. The molecule has 0 aromatic heterocycles. The fourth-order valence-corrected chi connectivity index (χ4v) is 5.77. The summed E-state index contributed by atoms with van der Waals surface area (Å²) >= 11 is 0. The molecule has 0 aromatic rings. The number of amides is 5. The molecular formula is C37H71N7O10. The zero-order valence-electron chi connectivity index (χ0n) is 32.8. The number of hydrogen-bond acceptors (Lipinski definition) is 11. The summed E-state index contributed by atoms with van der Waals surface area (Å²) in [6, 6.07) is -7.24. The largest absolute Gasteiger partial charge is 0.480 e. The van der Waals surface area contributed by atoms with Gasteiger partial charge < -0.3 is 58.5 Å². The molecule has 17 heteroatoms. The zero-order chi connectivity index (χ0) is 40.9. The molecule has 0 aromatic carbocycles. The SMILES string of the molecule is CCCCCCCCCCCCCC(=O)NC(CCCCN)C(=O)NC(C(=O)NC(C(=O)NC(CCCCN)C(=O)NC(CO)C(=O)O)C(C)O)C(C)O. The molecule has 0 saturated carbocycles. The van der Waals surface area contributed by atoms with Crippen LogP contribution in [0.15, 0.2) is 0 Å². The van der Waals surface area contributed by atoms with E-state index in [2.05, 4.69) is 33.5 Å². The standard InChI is InChI=1S/C37H71N7O10/c1-4-5-6-7-8-9-10-11-12-13-14-21-30(48)40-27(19-15-17-22-38)34(50)43-32(26(3)47)36(52)44-31(25(2)46)35(51)41-28(20-16-18-23-39)33(49)42-29(24-45)37(53)54/h25-29,31-32,45-47H,4-24,38-39H2,1-3H3,(H,40,48)(H,41,51)(H,42,49)(H,43,50)(H,44,52)(H,53,54). The minimum absolute atomic E-state index is 0.0237. The van der Waals surface area contributed by atoms with Crippen LogP contribution in [0, 0.1) is 0 Å². The molecule has 0 rings (SSSR count). The molecular weight excluding hydrogens is 702 g/mol. The van der Waals surface area contributed by atoms with Gasteiger partial charge in [0.25, 0.3) is 0 Å². The van der Waals surface area contributed by atoms with Crippen LogP contribution in [-0.2, 0) is 28.8 Å². The van der Waals surface area contributed by atoms with E-state index in [1.807, 2.05) is 0 Å². The fraction of sp³-hybridized carbons (Fsp3) is 0.838. The van der Waals surface area contributed by atoms with Crippen molar-refractivity contribution in [3.8, 4) is 0 Å². The Bertz CT molecular complexity index is 1100. The van der Waals surface area contributed by atoms with Crippen molar-refractivity contribution in [1.82, 2.24) is 26.6 Å². The van der Waals surface area contributed by atoms with E-state index in [0.717, 1.165) is 19.3 Å². The number of aliphatic hydroxyl groups excluding tert-OH is 3. The second-order valence-electron chi connectivity index (χ2n) is 14.1. The van der Waals surface area contributed by atoms with E-state index in [0.29, 0.717) is 38.6 Å². The number of unbranched alkanes of at least 4 members (excludes halogenated alkanes) is 12. The second kappa shape index (κ2) is 30.9. The lowest BCUT2D eigenvalue weighted by Gasteiger charge is -2.29. The molecule has 5 amide bonds. The van der Waals surface area contributed by atoms with Crippen LogP contribution in [0.5, 0.6) is 0 Å². The minimum Gasteiger partial charge on any atom is -0.480 e. The number of carboxylic acid groups (broad SMARTS) is 1. The molecule has 0 bridgehead atoms. The Morgan fingerprint density at radius 3 is 1.33 bits per heavy atom. The highest BCUT2D eigenvalue weighted by Crippen LogP contribution is 2.13. The molecule has 0 aliphatic heterocycles.